The molecule has 3 aromatic heterocycles. The first-order valence-electron chi connectivity index (χ1n) is 11.6. The minimum Gasteiger partial charge on any atom is -0.491 e. The summed E-state index contributed by atoms with van der Waals surface area (Å²) in [5.74, 6) is 0.746. The van der Waals surface area contributed by atoms with Gasteiger partial charge in [-0.15, -0.1) is 0 Å². The molecular formula is C28H24N4O2. The number of pyridine rings is 2. The standard InChI is InChI=1S/C28H24N4O2/c33-16-17-34-21-9-6-19(7-10-21)20-8-11-22-23(12-14-30-25(22)18-20)27-26-5-3-15-32(26)31-28(27)24-4-1-2-13-29-24/h1-2,4,6-14,18,33H,3,5,15-17H2. The van der Waals surface area contributed by atoms with Gasteiger partial charge in [0.25, 0.3) is 0 Å². The third-order valence-corrected chi connectivity index (χ3v) is 6.31. The fourth-order valence-electron chi connectivity index (χ4n) is 4.75. The fourth-order valence-corrected chi connectivity index (χ4v) is 4.75. The number of fused-ring (bicyclic) bond motifs is 2. The highest BCUT2D eigenvalue weighted by Crippen LogP contribution is 2.40. The largest absolute Gasteiger partial charge is 0.491 e. The molecule has 34 heavy (non-hydrogen) atoms. The van der Waals surface area contributed by atoms with Crippen molar-refractivity contribution in [2.75, 3.05) is 13.2 Å². The van der Waals surface area contributed by atoms with Crippen molar-refractivity contribution < 1.29 is 9.84 Å². The van der Waals surface area contributed by atoms with E-state index < -0.39 is 0 Å². The molecule has 5 aromatic rings. The van der Waals surface area contributed by atoms with Crippen LogP contribution in [0.15, 0.2) is 79.1 Å². The van der Waals surface area contributed by atoms with Crippen LogP contribution >= 0.6 is 0 Å². The highest BCUT2D eigenvalue weighted by molar-refractivity contribution is 6.00. The van der Waals surface area contributed by atoms with Crippen LogP contribution in [0.25, 0.3) is 44.5 Å². The average molecular weight is 449 g/mol. The number of hydrogen-bond donors (Lipinski definition) is 1. The molecule has 0 unspecified atom stereocenters. The normalized spacial score (nSPS) is 12.7. The molecular weight excluding hydrogens is 424 g/mol. The van der Waals surface area contributed by atoms with Gasteiger partial charge in [0.1, 0.15) is 18.1 Å². The van der Waals surface area contributed by atoms with E-state index in [0.29, 0.717) is 6.61 Å². The summed E-state index contributed by atoms with van der Waals surface area (Å²) in [4.78, 5) is 9.29. The maximum Gasteiger partial charge on any atom is 0.119 e. The molecule has 1 aliphatic rings. The van der Waals surface area contributed by atoms with Crippen LogP contribution in [0.3, 0.4) is 0 Å². The molecule has 0 amide bonds. The van der Waals surface area contributed by atoms with Crippen LogP contribution in [-0.2, 0) is 13.0 Å². The van der Waals surface area contributed by atoms with Gasteiger partial charge in [0.05, 0.1) is 17.8 Å². The van der Waals surface area contributed by atoms with E-state index in [0.717, 1.165) is 64.1 Å². The zero-order valence-corrected chi connectivity index (χ0v) is 18.7. The van der Waals surface area contributed by atoms with Crippen LogP contribution in [0, 0.1) is 0 Å². The SMILES string of the molecule is OCCOc1ccc(-c2ccc3c(-c4c(-c5ccccn5)nn5c4CCC5)ccnc3c2)cc1. The molecule has 4 heterocycles. The molecule has 0 atom stereocenters. The number of ether oxygens (including phenoxy) is 1. The summed E-state index contributed by atoms with van der Waals surface area (Å²) in [7, 11) is 0. The average Bonchev–Trinajstić information content (AvgIpc) is 3.49. The zero-order valence-electron chi connectivity index (χ0n) is 18.7. The van der Waals surface area contributed by atoms with E-state index >= 15 is 0 Å². The smallest absolute Gasteiger partial charge is 0.119 e. The molecule has 2 aromatic carbocycles. The number of aromatic nitrogens is 4. The summed E-state index contributed by atoms with van der Waals surface area (Å²) < 4.78 is 7.62. The highest BCUT2D eigenvalue weighted by Gasteiger charge is 2.25. The van der Waals surface area contributed by atoms with E-state index in [1.54, 1.807) is 0 Å². The quantitative estimate of drug-likeness (QED) is 0.389. The second kappa shape index (κ2) is 8.72. The van der Waals surface area contributed by atoms with Gasteiger partial charge in [0.2, 0.25) is 0 Å². The Labute approximate surface area is 197 Å². The van der Waals surface area contributed by atoms with Crippen molar-refractivity contribution in [2.45, 2.75) is 19.4 Å². The highest BCUT2D eigenvalue weighted by atomic mass is 16.5. The summed E-state index contributed by atoms with van der Waals surface area (Å²) in [6, 6.07) is 22.4. The molecule has 1 aliphatic heterocycles. The van der Waals surface area contributed by atoms with Crippen molar-refractivity contribution in [1.29, 1.82) is 0 Å². The van der Waals surface area contributed by atoms with Crippen molar-refractivity contribution in [1.82, 2.24) is 19.7 Å². The molecule has 6 heteroatoms. The number of aliphatic hydroxyl groups excluding tert-OH is 1. The Morgan fingerprint density at radius 3 is 2.62 bits per heavy atom. The van der Waals surface area contributed by atoms with E-state index in [2.05, 4.69) is 33.9 Å². The molecule has 0 fully saturated rings. The monoisotopic (exact) mass is 448 g/mol. The molecule has 0 radical (unpaired) electrons. The maximum absolute atomic E-state index is 8.94. The second-order valence-electron chi connectivity index (χ2n) is 8.40. The van der Waals surface area contributed by atoms with Crippen molar-refractivity contribution in [3.63, 3.8) is 0 Å². The lowest BCUT2D eigenvalue weighted by atomic mass is 9.95. The summed E-state index contributed by atoms with van der Waals surface area (Å²) >= 11 is 0. The summed E-state index contributed by atoms with van der Waals surface area (Å²) in [5.41, 5.74) is 8.54. The fraction of sp³-hybridized carbons (Fsp3) is 0.179. The molecule has 1 N–H and O–H groups in total. The Morgan fingerprint density at radius 2 is 1.79 bits per heavy atom. The van der Waals surface area contributed by atoms with E-state index in [4.69, 9.17) is 19.9 Å². The minimum atomic E-state index is 0.00307. The van der Waals surface area contributed by atoms with Gasteiger partial charge in [-0.2, -0.15) is 5.10 Å². The van der Waals surface area contributed by atoms with Crippen LogP contribution in [0.5, 0.6) is 5.75 Å². The van der Waals surface area contributed by atoms with Gasteiger partial charge < -0.3 is 9.84 Å². The number of aryl methyl sites for hydroxylation is 1. The number of aliphatic hydroxyl groups is 1. The number of nitrogens with zero attached hydrogens (tertiary/aromatic N) is 4. The maximum atomic E-state index is 8.94. The van der Waals surface area contributed by atoms with Gasteiger partial charge in [0, 0.05) is 35.6 Å². The predicted octanol–water partition coefficient (Wildman–Crippen LogP) is 5.14. The molecule has 6 nitrogen and oxygen atoms in total. The van der Waals surface area contributed by atoms with Crippen LogP contribution in [0.4, 0.5) is 0 Å². The third kappa shape index (κ3) is 3.62. The molecule has 0 saturated heterocycles. The lowest BCUT2D eigenvalue weighted by Gasteiger charge is -2.11. The number of benzene rings is 2. The van der Waals surface area contributed by atoms with Gasteiger partial charge in [-0.3, -0.25) is 14.6 Å². The number of rotatable bonds is 6. The van der Waals surface area contributed by atoms with Gasteiger partial charge in [-0.25, -0.2) is 0 Å². The Hall–Kier alpha value is -4.03. The van der Waals surface area contributed by atoms with Crippen molar-refractivity contribution in [3.05, 3.63) is 84.8 Å². The van der Waals surface area contributed by atoms with Crippen LogP contribution in [0.1, 0.15) is 12.1 Å². The van der Waals surface area contributed by atoms with E-state index in [1.165, 1.54) is 11.3 Å². The summed E-state index contributed by atoms with van der Waals surface area (Å²) in [5, 5.41) is 15.0. The van der Waals surface area contributed by atoms with Gasteiger partial charge >= 0.3 is 0 Å². The molecule has 168 valence electrons. The van der Waals surface area contributed by atoms with Gasteiger partial charge in [0.15, 0.2) is 0 Å². The lowest BCUT2D eigenvalue weighted by Crippen LogP contribution is -2.01. The first-order valence-corrected chi connectivity index (χ1v) is 11.6. The topological polar surface area (TPSA) is 73.1 Å². The predicted molar refractivity (Wildman–Crippen MR) is 133 cm³/mol. The second-order valence-corrected chi connectivity index (χ2v) is 8.40. The molecule has 0 bridgehead atoms. The first-order chi connectivity index (χ1) is 16.8. The Kier molecular flexibility index (Phi) is 5.28. The molecule has 0 saturated carbocycles. The van der Waals surface area contributed by atoms with Gasteiger partial charge in [-0.1, -0.05) is 30.3 Å². The third-order valence-electron chi connectivity index (χ3n) is 6.31. The van der Waals surface area contributed by atoms with Crippen LogP contribution in [0.2, 0.25) is 0 Å². The molecule has 0 spiro atoms. The van der Waals surface area contributed by atoms with E-state index in [1.807, 2.05) is 54.9 Å². The zero-order chi connectivity index (χ0) is 22.9. The van der Waals surface area contributed by atoms with Crippen molar-refractivity contribution in [2.24, 2.45) is 0 Å². The number of hydrogen-bond acceptors (Lipinski definition) is 5. The first kappa shape index (κ1) is 20.6. The van der Waals surface area contributed by atoms with Gasteiger partial charge in [-0.05, 0) is 65.9 Å². The van der Waals surface area contributed by atoms with E-state index in [-0.39, 0.29) is 6.61 Å². The van der Waals surface area contributed by atoms with Crippen LogP contribution in [-0.4, -0.2) is 38.1 Å². The minimum absolute atomic E-state index is 0.00307. The Morgan fingerprint density at radius 1 is 0.912 bits per heavy atom. The molecule has 6 rings (SSSR count). The van der Waals surface area contributed by atoms with Crippen LogP contribution < -0.4 is 4.74 Å². The van der Waals surface area contributed by atoms with Crippen molar-refractivity contribution in [3.8, 4) is 39.4 Å². The lowest BCUT2D eigenvalue weighted by molar-refractivity contribution is 0.201. The summed E-state index contributed by atoms with van der Waals surface area (Å²) in [6.45, 7) is 1.24. The Balaban J connectivity index is 1.44. The molecule has 0 aliphatic carbocycles. The Bertz CT molecular complexity index is 1460. The van der Waals surface area contributed by atoms with Crippen molar-refractivity contribution >= 4 is 10.9 Å². The van der Waals surface area contributed by atoms with E-state index in [9.17, 15) is 0 Å². The summed E-state index contributed by atoms with van der Waals surface area (Å²) in [6.07, 6.45) is 5.83.